The molecular weight excluding hydrogens is 432 g/mol. The maximum Gasteiger partial charge on any atom is 0.251 e. The zero-order chi connectivity index (χ0) is 21.2. The Morgan fingerprint density at radius 1 is 0.862 bits per heavy atom. The summed E-state index contributed by atoms with van der Waals surface area (Å²) >= 11 is 3.35. The van der Waals surface area contributed by atoms with Crippen molar-refractivity contribution >= 4 is 27.7 Å². The summed E-state index contributed by atoms with van der Waals surface area (Å²) in [5.41, 5.74) is 0.594. The highest BCUT2D eigenvalue weighted by Crippen LogP contribution is 2.13. The first-order valence-electron chi connectivity index (χ1n) is 11.0. The summed E-state index contributed by atoms with van der Waals surface area (Å²) < 4.78 is 5.75. The molecule has 0 spiro atoms. The van der Waals surface area contributed by atoms with Crippen LogP contribution >= 0.6 is 15.9 Å². The Morgan fingerprint density at radius 2 is 1.52 bits per heavy atom. The van der Waals surface area contributed by atoms with E-state index in [9.17, 15) is 9.59 Å². The maximum atomic E-state index is 12.1. The highest BCUT2D eigenvalue weighted by Gasteiger charge is 2.06. The number of alkyl halides is 1. The molecule has 0 unspecified atom stereocenters. The Morgan fingerprint density at radius 3 is 2.21 bits per heavy atom. The van der Waals surface area contributed by atoms with E-state index in [0.717, 1.165) is 30.3 Å². The summed E-state index contributed by atoms with van der Waals surface area (Å²) in [6.45, 7) is 3.81. The van der Waals surface area contributed by atoms with Crippen LogP contribution in [0.3, 0.4) is 0 Å². The van der Waals surface area contributed by atoms with Gasteiger partial charge in [-0.2, -0.15) is 0 Å². The summed E-state index contributed by atoms with van der Waals surface area (Å²) in [7, 11) is 0. The SMILES string of the molecule is CCCCCCCCCOc1ccc(C(=O)NCCNC(=O)CCCCBr)cc1. The molecule has 1 rings (SSSR count). The van der Waals surface area contributed by atoms with Gasteiger partial charge in [-0.3, -0.25) is 9.59 Å². The van der Waals surface area contributed by atoms with Crippen LogP contribution < -0.4 is 15.4 Å². The average molecular weight is 469 g/mol. The first-order valence-corrected chi connectivity index (χ1v) is 12.1. The molecule has 0 saturated carbocycles. The van der Waals surface area contributed by atoms with Gasteiger partial charge < -0.3 is 15.4 Å². The Balaban J connectivity index is 2.13. The van der Waals surface area contributed by atoms with E-state index in [4.69, 9.17) is 4.74 Å². The molecule has 0 aliphatic heterocycles. The molecule has 5 nitrogen and oxygen atoms in total. The molecule has 1 aromatic carbocycles. The van der Waals surface area contributed by atoms with E-state index in [2.05, 4.69) is 33.5 Å². The van der Waals surface area contributed by atoms with Crippen molar-refractivity contribution in [1.82, 2.24) is 10.6 Å². The maximum absolute atomic E-state index is 12.1. The molecular formula is C23H37BrN2O3. The third-order valence-corrected chi connectivity index (χ3v) is 5.21. The minimum Gasteiger partial charge on any atom is -0.494 e. The number of nitrogens with one attached hydrogen (secondary N) is 2. The fourth-order valence-electron chi connectivity index (χ4n) is 2.90. The summed E-state index contributed by atoms with van der Waals surface area (Å²) in [4.78, 5) is 23.8. The van der Waals surface area contributed by atoms with Gasteiger partial charge in [0.2, 0.25) is 5.91 Å². The molecule has 6 heteroatoms. The molecule has 164 valence electrons. The Hall–Kier alpha value is -1.56. The van der Waals surface area contributed by atoms with Gasteiger partial charge in [-0.25, -0.2) is 0 Å². The van der Waals surface area contributed by atoms with Crippen LogP contribution in [0.4, 0.5) is 0 Å². The number of carbonyl (C=O) groups excluding carboxylic acids is 2. The van der Waals surface area contributed by atoms with Crippen LogP contribution in [-0.2, 0) is 4.79 Å². The van der Waals surface area contributed by atoms with Crippen LogP contribution in [0.2, 0.25) is 0 Å². The van der Waals surface area contributed by atoms with E-state index in [0.29, 0.717) is 31.7 Å². The number of hydrogen-bond acceptors (Lipinski definition) is 3. The molecule has 0 aliphatic rings. The van der Waals surface area contributed by atoms with Crippen molar-refractivity contribution in [3.8, 4) is 5.75 Å². The van der Waals surface area contributed by atoms with E-state index in [1.165, 1.54) is 38.5 Å². The third-order valence-electron chi connectivity index (χ3n) is 4.65. The number of halogens is 1. The predicted molar refractivity (Wildman–Crippen MR) is 123 cm³/mol. The van der Waals surface area contributed by atoms with Gasteiger partial charge in [0, 0.05) is 30.4 Å². The van der Waals surface area contributed by atoms with Gasteiger partial charge in [-0.1, -0.05) is 61.4 Å². The third kappa shape index (κ3) is 13.3. The van der Waals surface area contributed by atoms with Crippen LogP contribution in [0.1, 0.15) is 81.5 Å². The lowest BCUT2D eigenvalue weighted by molar-refractivity contribution is -0.121. The van der Waals surface area contributed by atoms with Crippen LogP contribution in [0.15, 0.2) is 24.3 Å². The van der Waals surface area contributed by atoms with Crippen molar-refractivity contribution < 1.29 is 14.3 Å². The summed E-state index contributed by atoms with van der Waals surface area (Å²) in [5.74, 6) is 0.683. The van der Waals surface area contributed by atoms with Crippen molar-refractivity contribution in [2.75, 3.05) is 25.0 Å². The van der Waals surface area contributed by atoms with Gasteiger partial charge >= 0.3 is 0 Å². The summed E-state index contributed by atoms with van der Waals surface area (Å²) in [6, 6.07) is 7.21. The second kappa shape index (κ2) is 17.3. The van der Waals surface area contributed by atoms with Crippen molar-refractivity contribution in [1.29, 1.82) is 0 Å². The number of benzene rings is 1. The van der Waals surface area contributed by atoms with Crippen LogP contribution in [-0.4, -0.2) is 36.8 Å². The van der Waals surface area contributed by atoms with E-state index in [-0.39, 0.29) is 11.8 Å². The van der Waals surface area contributed by atoms with Crippen molar-refractivity contribution in [3.05, 3.63) is 29.8 Å². The van der Waals surface area contributed by atoms with E-state index in [1.54, 1.807) is 12.1 Å². The van der Waals surface area contributed by atoms with Crippen LogP contribution in [0, 0.1) is 0 Å². The van der Waals surface area contributed by atoms with Gasteiger partial charge in [0.15, 0.2) is 0 Å². The highest BCUT2D eigenvalue weighted by molar-refractivity contribution is 9.09. The van der Waals surface area contributed by atoms with Gasteiger partial charge in [0.05, 0.1) is 6.61 Å². The summed E-state index contributed by atoms with van der Waals surface area (Å²) in [5, 5.41) is 6.55. The predicted octanol–water partition coefficient (Wildman–Crippen LogP) is 5.23. The molecule has 0 atom stereocenters. The second-order valence-electron chi connectivity index (χ2n) is 7.25. The van der Waals surface area contributed by atoms with E-state index in [1.807, 2.05) is 12.1 Å². The lowest BCUT2D eigenvalue weighted by Crippen LogP contribution is -2.34. The topological polar surface area (TPSA) is 67.4 Å². The number of carbonyl (C=O) groups is 2. The zero-order valence-electron chi connectivity index (χ0n) is 17.8. The van der Waals surface area contributed by atoms with Crippen molar-refractivity contribution in [3.63, 3.8) is 0 Å². The number of rotatable bonds is 17. The number of amides is 2. The fraction of sp³-hybridized carbons (Fsp3) is 0.652. The monoisotopic (exact) mass is 468 g/mol. The molecule has 0 fully saturated rings. The van der Waals surface area contributed by atoms with Gasteiger partial charge in [0.25, 0.3) is 5.91 Å². The van der Waals surface area contributed by atoms with Gasteiger partial charge in [0.1, 0.15) is 5.75 Å². The van der Waals surface area contributed by atoms with Gasteiger partial charge in [-0.05, 0) is 43.5 Å². The number of unbranched alkanes of at least 4 members (excludes halogenated alkanes) is 7. The largest absolute Gasteiger partial charge is 0.494 e. The molecule has 1 aromatic rings. The lowest BCUT2D eigenvalue weighted by atomic mass is 10.1. The Labute approximate surface area is 184 Å². The molecule has 0 aromatic heterocycles. The molecule has 29 heavy (non-hydrogen) atoms. The van der Waals surface area contributed by atoms with Crippen molar-refractivity contribution in [2.45, 2.75) is 71.1 Å². The first-order chi connectivity index (χ1) is 14.2. The lowest BCUT2D eigenvalue weighted by Gasteiger charge is -2.09. The first kappa shape index (κ1) is 25.5. The highest BCUT2D eigenvalue weighted by atomic mass is 79.9. The molecule has 0 saturated heterocycles. The molecule has 2 amide bonds. The zero-order valence-corrected chi connectivity index (χ0v) is 19.4. The quantitative estimate of drug-likeness (QED) is 0.243. The second-order valence-corrected chi connectivity index (χ2v) is 8.04. The minimum atomic E-state index is -0.142. The normalized spacial score (nSPS) is 10.6. The minimum absolute atomic E-state index is 0.0302. The van der Waals surface area contributed by atoms with Crippen LogP contribution in [0.5, 0.6) is 5.75 Å². The molecule has 0 radical (unpaired) electrons. The molecule has 0 bridgehead atoms. The number of hydrogen-bond donors (Lipinski definition) is 2. The molecule has 0 aliphatic carbocycles. The van der Waals surface area contributed by atoms with Crippen molar-refractivity contribution in [2.24, 2.45) is 0 Å². The van der Waals surface area contributed by atoms with Crippen LogP contribution in [0.25, 0.3) is 0 Å². The van der Waals surface area contributed by atoms with E-state index >= 15 is 0 Å². The number of ether oxygens (including phenoxy) is 1. The average Bonchev–Trinajstić information content (AvgIpc) is 2.73. The Bertz CT molecular complexity index is 564. The standard InChI is InChI=1S/C23H37BrN2O3/c1-2-3-4-5-6-7-10-19-29-21-14-12-20(13-15-21)23(28)26-18-17-25-22(27)11-8-9-16-24/h12-15H,2-11,16-19H2,1H3,(H,25,27)(H,26,28). The molecule has 2 N–H and O–H groups in total. The fourth-order valence-corrected chi connectivity index (χ4v) is 3.30. The summed E-state index contributed by atoms with van der Waals surface area (Å²) in [6.07, 6.45) is 11.2. The van der Waals surface area contributed by atoms with E-state index < -0.39 is 0 Å². The smallest absolute Gasteiger partial charge is 0.251 e. The van der Waals surface area contributed by atoms with Gasteiger partial charge in [-0.15, -0.1) is 0 Å². The molecule has 0 heterocycles. The Kier molecular flexibility index (Phi) is 15.2.